The maximum Gasteiger partial charge on any atom is 0.178 e. The van der Waals surface area contributed by atoms with Gasteiger partial charge in [0, 0.05) is 15.9 Å². The fraction of sp³-hybridized carbons (Fsp3) is 0.333. The molecule has 0 fully saturated rings. The summed E-state index contributed by atoms with van der Waals surface area (Å²) in [6.45, 7) is 4.10. The summed E-state index contributed by atoms with van der Waals surface area (Å²) < 4.78 is 2.07. The lowest BCUT2D eigenvalue weighted by atomic mass is 10.2. The number of halogens is 1. The van der Waals surface area contributed by atoms with Gasteiger partial charge in [-0.15, -0.1) is 10.2 Å². The molecule has 2 aromatic rings. The predicted octanol–water partition coefficient (Wildman–Crippen LogP) is 3.95. The molecule has 0 unspecified atom stereocenters. The van der Waals surface area contributed by atoms with E-state index < -0.39 is 0 Å². The number of nitrogens with one attached hydrogen (secondary N) is 1. The zero-order valence-corrected chi connectivity index (χ0v) is 13.2. The monoisotopic (exact) mass is 343 g/mol. The van der Waals surface area contributed by atoms with Crippen LogP contribution in [0.2, 0.25) is 0 Å². The smallest absolute Gasteiger partial charge is 0.178 e. The Bertz CT molecular complexity index is 488. The third-order valence-corrected chi connectivity index (χ3v) is 4.68. The fourth-order valence-corrected chi connectivity index (χ4v) is 3.59. The van der Waals surface area contributed by atoms with E-state index in [2.05, 4.69) is 56.6 Å². The third kappa shape index (κ3) is 4.05. The van der Waals surface area contributed by atoms with E-state index in [4.69, 9.17) is 0 Å². The van der Waals surface area contributed by atoms with E-state index in [1.165, 1.54) is 10.5 Å². The van der Waals surface area contributed by atoms with E-state index in [-0.39, 0.29) is 0 Å². The zero-order chi connectivity index (χ0) is 12.8. The van der Waals surface area contributed by atoms with Gasteiger partial charge in [0.15, 0.2) is 4.34 Å². The molecule has 0 saturated carbocycles. The molecule has 1 aromatic carbocycles. The highest BCUT2D eigenvalue weighted by atomic mass is 79.9. The van der Waals surface area contributed by atoms with Crippen LogP contribution < -0.4 is 5.32 Å². The van der Waals surface area contributed by atoms with E-state index in [1.807, 2.05) is 0 Å². The molecule has 3 nitrogen and oxygen atoms in total. The van der Waals surface area contributed by atoms with Crippen LogP contribution in [0.3, 0.4) is 0 Å². The minimum atomic E-state index is 0.891. The molecular formula is C12H14BrN3S2. The van der Waals surface area contributed by atoms with Gasteiger partial charge in [0.1, 0.15) is 5.51 Å². The van der Waals surface area contributed by atoms with Crippen LogP contribution in [0.25, 0.3) is 0 Å². The summed E-state index contributed by atoms with van der Waals surface area (Å²) in [5.74, 6) is 0. The minimum absolute atomic E-state index is 0.891. The van der Waals surface area contributed by atoms with Gasteiger partial charge in [-0.2, -0.15) is 0 Å². The minimum Gasteiger partial charge on any atom is -0.313 e. The molecule has 0 atom stereocenters. The van der Waals surface area contributed by atoms with Crippen molar-refractivity contribution in [2.75, 3.05) is 6.54 Å². The second-order valence-electron chi connectivity index (χ2n) is 3.74. The highest BCUT2D eigenvalue weighted by Crippen LogP contribution is 2.33. The molecule has 0 aliphatic heterocycles. The molecule has 96 valence electrons. The summed E-state index contributed by atoms with van der Waals surface area (Å²) in [5.41, 5.74) is 3.06. The maximum absolute atomic E-state index is 4.07. The predicted molar refractivity (Wildman–Crippen MR) is 80.2 cm³/mol. The lowest BCUT2D eigenvalue weighted by Gasteiger charge is -2.09. The number of nitrogens with zero attached hydrogens (tertiary/aromatic N) is 2. The van der Waals surface area contributed by atoms with Crippen molar-refractivity contribution in [1.29, 1.82) is 0 Å². The third-order valence-electron chi connectivity index (χ3n) is 2.31. The molecule has 1 aromatic heterocycles. The lowest BCUT2D eigenvalue weighted by molar-refractivity contribution is 0.669. The summed E-state index contributed by atoms with van der Waals surface area (Å²) in [5, 5.41) is 11.4. The Morgan fingerprint density at radius 1 is 1.44 bits per heavy atom. The second kappa shape index (κ2) is 7.23. The van der Waals surface area contributed by atoms with Crippen molar-refractivity contribution < 1.29 is 0 Å². The van der Waals surface area contributed by atoms with Gasteiger partial charge >= 0.3 is 0 Å². The first-order valence-corrected chi connectivity index (χ1v) is 8.21. The Kier molecular flexibility index (Phi) is 5.62. The molecule has 0 aliphatic rings. The van der Waals surface area contributed by atoms with E-state index in [1.54, 1.807) is 28.6 Å². The van der Waals surface area contributed by atoms with E-state index in [0.717, 1.165) is 28.3 Å². The average Bonchev–Trinajstić information content (AvgIpc) is 2.85. The molecular weight excluding hydrogens is 330 g/mol. The van der Waals surface area contributed by atoms with E-state index >= 15 is 0 Å². The topological polar surface area (TPSA) is 37.8 Å². The lowest BCUT2D eigenvalue weighted by Crippen LogP contribution is -2.14. The zero-order valence-electron chi connectivity index (χ0n) is 10.0. The number of aromatic nitrogens is 2. The van der Waals surface area contributed by atoms with Gasteiger partial charge in [-0.1, -0.05) is 52.0 Å². The van der Waals surface area contributed by atoms with Crippen LogP contribution >= 0.6 is 39.0 Å². The van der Waals surface area contributed by atoms with Crippen molar-refractivity contribution in [2.45, 2.75) is 29.1 Å². The van der Waals surface area contributed by atoms with Crippen molar-refractivity contribution in [3.63, 3.8) is 0 Å². The van der Waals surface area contributed by atoms with Crippen molar-refractivity contribution >= 4 is 39.0 Å². The molecule has 0 spiro atoms. The van der Waals surface area contributed by atoms with Crippen LogP contribution in [0.1, 0.15) is 18.9 Å². The first-order chi connectivity index (χ1) is 8.79. The highest BCUT2D eigenvalue weighted by molar-refractivity contribution is 9.10. The fourth-order valence-electron chi connectivity index (χ4n) is 1.47. The van der Waals surface area contributed by atoms with Gasteiger partial charge in [-0.3, -0.25) is 0 Å². The molecule has 0 radical (unpaired) electrons. The number of hydrogen-bond acceptors (Lipinski definition) is 5. The first kappa shape index (κ1) is 14.0. The van der Waals surface area contributed by atoms with Gasteiger partial charge < -0.3 is 5.32 Å². The number of rotatable bonds is 6. The van der Waals surface area contributed by atoms with Crippen molar-refractivity contribution in [3.8, 4) is 0 Å². The molecule has 2 rings (SSSR count). The number of benzene rings is 1. The SMILES string of the molecule is CCCNCc1ccc(Br)cc1Sc1nncs1. The van der Waals surface area contributed by atoms with Gasteiger partial charge in [-0.25, -0.2) is 0 Å². The summed E-state index contributed by atoms with van der Waals surface area (Å²) in [6, 6.07) is 6.36. The molecule has 0 amide bonds. The Balaban J connectivity index is 2.12. The van der Waals surface area contributed by atoms with Gasteiger partial charge in [0.05, 0.1) is 0 Å². The largest absolute Gasteiger partial charge is 0.313 e. The molecule has 0 aliphatic carbocycles. The number of hydrogen-bond donors (Lipinski definition) is 1. The van der Waals surface area contributed by atoms with Gasteiger partial charge in [-0.05, 0) is 30.7 Å². The first-order valence-electron chi connectivity index (χ1n) is 5.72. The molecule has 18 heavy (non-hydrogen) atoms. The highest BCUT2D eigenvalue weighted by Gasteiger charge is 2.07. The summed E-state index contributed by atoms with van der Waals surface area (Å²) in [6.07, 6.45) is 1.15. The summed E-state index contributed by atoms with van der Waals surface area (Å²) >= 11 is 6.75. The van der Waals surface area contributed by atoms with Crippen LogP contribution in [0.15, 0.2) is 37.4 Å². The Labute approximate surface area is 124 Å². The van der Waals surface area contributed by atoms with Crippen LogP contribution in [0.4, 0.5) is 0 Å². The normalized spacial score (nSPS) is 10.8. The van der Waals surface area contributed by atoms with Crippen LogP contribution in [-0.4, -0.2) is 16.7 Å². The quantitative estimate of drug-likeness (QED) is 0.805. The molecule has 1 N–H and O–H groups in total. The van der Waals surface area contributed by atoms with Crippen LogP contribution in [0.5, 0.6) is 0 Å². The maximum atomic E-state index is 4.07. The summed E-state index contributed by atoms with van der Waals surface area (Å²) in [4.78, 5) is 1.23. The molecule has 0 bridgehead atoms. The van der Waals surface area contributed by atoms with Crippen molar-refractivity contribution in [3.05, 3.63) is 33.7 Å². The Morgan fingerprint density at radius 3 is 3.06 bits per heavy atom. The van der Waals surface area contributed by atoms with Gasteiger partial charge in [0.2, 0.25) is 0 Å². The van der Waals surface area contributed by atoms with Crippen molar-refractivity contribution in [2.24, 2.45) is 0 Å². The molecule has 1 heterocycles. The standard InChI is InChI=1S/C12H14BrN3S2/c1-2-5-14-7-9-3-4-10(13)6-11(9)18-12-16-15-8-17-12/h3-4,6,8,14H,2,5,7H2,1H3. The second-order valence-corrected chi connectivity index (χ2v) is 6.77. The van der Waals surface area contributed by atoms with E-state index in [0.29, 0.717) is 0 Å². The van der Waals surface area contributed by atoms with Crippen LogP contribution in [0, 0.1) is 0 Å². The van der Waals surface area contributed by atoms with Gasteiger partial charge in [0.25, 0.3) is 0 Å². The molecule has 0 saturated heterocycles. The summed E-state index contributed by atoms with van der Waals surface area (Å²) in [7, 11) is 0. The Morgan fingerprint density at radius 2 is 2.33 bits per heavy atom. The van der Waals surface area contributed by atoms with Crippen LogP contribution in [-0.2, 0) is 6.54 Å². The van der Waals surface area contributed by atoms with Crippen molar-refractivity contribution in [1.82, 2.24) is 15.5 Å². The molecule has 6 heteroatoms. The van der Waals surface area contributed by atoms with E-state index in [9.17, 15) is 0 Å². The average molecular weight is 344 g/mol. The Hall–Kier alpha value is -0.430.